The fourth-order valence-electron chi connectivity index (χ4n) is 3.56. The average Bonchev–Trinajstić information content (AvgIpc) is 3.26. The number of nitrogens with two attached hydrogens (primary N) is 1. The maximum atomic E-state index is 12.1. The first kappa shape index (κ1) is 22.4. The van der Waals surface area contributed by atoms with E-state index in [1.165, 1.54) is 10.9 Å². The number of imidazole rings is 1. The van der Waals surface area contributed by atoms with Crippen molar-refractivity contribution in [1.29, 1.82) is 0 Å². The fraction of sp³-hybridized carbons (Fsp3) is 0.650. The molecule has 0 saturated carbocycles. The lowest BCUT2D eigenvalue weighted by Crippen LogP contribution is -2.47. The van der Waals surface area contributed by atoms with E-state index in [1.54, 1.807) is 6.08 Å². The molecule has 0 unspecified atom stereocenters. The van der Waals surface area contributed by atoms with Gasteiger partial charge in [0.15, 0.2) is 17.4 Å². The van der Waals surface area contributed by atoms with Crippen LogP contribution in [-0.2, 0) is 14.2 Å². The number of aliphatic hydroxyl groups is 1. The lowest BCUT2D eigenvalue weighted by molar-refractivity contribution is -0.123. The number of nitrogen functional groups attached to an aromatic ring is 1. The monoisotopic (exact) mass is 421 g/mol. The Morgan fingerprint density at radius 3 is 2.83 bits per heavy atom. The summed E-state index contributed by atoms with van der Waals surface area (Å²) in [6.45, 7) is 9.29. The van der Waals surface area contributed by atoms with E-state index in [0.717, 1.165) is 25.7 Å². The van der Waals surface area contributed by atoms with Gasteiger partial charge in [-0.15, -0.1) is 6.58 Å². The number of hydrogen-bond acceptors (Lipinski definition) is 8. The first-order valence-electron chi connectivity index (χ1n) is 10.4. The Labute approximate surface area is 175 Å². The maximum Gasteiger partial charge on any atom is 0.280 e. The van der Waals surface area contributed by atoms with E-state index >= 15 is 0 Å². The zero-order valence-electron chi connectivity index (χ0n) is 17.5. The van der Waals surface area contributed by atoms with Crippen molar-refractivity contribution in [2.75, 3.05) is 25.6 Å². The van der Waals surface area contributed by atoms with Crippen molar-refractivity contribution in [1.82, 2.24) is 19.5 Å². The second-order valence-electron chi connectivity index (χ2n) is 7.48. The molecule has 0 aliphatic carbocycles. The number of nitrogens with zero attached hydrogens (tertiary/aromatic N) is 3. The van der Waals surface area contributed by atoms with Gasteiger partial charge in [-0.1, -0.05) is 32.8 Å². The number of ether oxygens (including phenoxy) is 3. The van der Waals surface area contributed by atoms with E-state index in [9.17, 15) is 9.90 Å². The zero-order chi connectivity index (χ0) is 21.7. The van der Waals surface area contributed by atoms with E-state index in [0.29, 0.717) is 13.2 Å². The van der Waals surface area contributed by atoms with E-state index in [-0.39, 0.29) is 23.7 Å². The van der Waals surface area contributed by atoms with Crippen LogP contribution in [0.25, 0.3) is 11.2 Å². The average molecular weight is 421 g/mol. The highest BCUT2D eigenvalue weighted by Crippen LogP contribution is 2.41. The van der Waals surface area contributed by atoms with Gasteiger partial charge in [-0.25, -0.2) is 4.98 Å². The van der Waals surface area contributed by atoms with Gasteiger partial charge in [-0.3, -0.25) is 14.3 Å². The van der Waals surface area contributed by atoms with Crippen molar-refractivity contribution in [3.8, 4) is 0 Å². The highest BCUT2D eigenvalue weighted by atomic mass is 16.6. The smallest absolute Gasteiger partial charge is 0.280 e. The number of aliphatic hydroxyl groups excluding tert-OH is 1. The molecule has 4 atom stereocenters. The van der Waals surface area contributed by atoms with E-state index < -0.39 is 29.6 Å². The number of aromatic nitrogens is 4. The normalized spacial score (nSPS) is 26.4. The van der Waals surface area contributed by atoms with E-state index in [4.69, 9.17) is 19.9 Å². The van der Waals surface area contributed by atoms with Crippen LogP contribution < -0.4 is 11.3 Å². The molecular formula is C20H31N5O5. The second-order valence-corrected chi connectivity index (χ2v) is 7.48. The molecule has 0 spiro atoms. The zero-order valence-corrected chi connectivity index (χ0v) is 17.5. The summed E-state index contributed by atoms with van der Waals surface area (Å²) in [6.07, 6.45) is 4.08. The van der Waals surface area contributed by atoms with Crippen LogP contribution in [0.2, 0.25) is 0 Å². The Hall–Kier alpha value is -2.27. The molecule has 30 heavy (non-hydrogen) atoms. The van der Waals surface area contributed by atoms with Gasteiger partial charge in [0.1, 0.15) is 17.8 Å². The van der Waals surface area contributed by atoms with E-state index in [1.807, 2.05) is 0 Å². The third-order valence-corrected chi connectivity index (χ3v) is 5.26. The van der Waals surface area contributed by atoms with Crippen molar-refractivity contribution in [3.63, 3.8) is 0 Å². The fourth-order valence-corrected chi connectivity index (χ4v) is 3.56. The Morgan fingerprint density at radius 1 is 1.40 bits per heavy atom. The summed E-state index contributed by atoms with van der Waals surface area (Å²) >= 11 is 0. The number of anilines is 1. The number of fused-ring (bicyclic) bond motifs is 1. The van der Waals surface area contributed by atoms with Crippen molar-refractivity contribution < 1.29 is 19.3 Å². The first-order chi connectivity index (χ1) is 14.5. The Kier molecular flexibility index (Phi) is 7.24. The van der Waals surface area contributed by atoms with Gasteiger partial charge in [0.05, 0.1) is 12.9 Å². The summed E-state index contributed by atoms with van der Waals surface area (Å²) in [5.41, 5.74) is 4.51. The summed E-state index contributed by atoms with van der Waals surface area (Å²) < 4.78 is 19.6. The van der Waals surface area contributed by atoms with Crippen LogP contribution in [-0.4, -0.2) is 62.3 Å². The van der Waals surface area contributed by atoms with Gasteiger partial charge in [0.25, 0.3) is 5.56 Å². The van der Waals surface area contributed by atoms with Crippen molar-refractivity contribution >= 4 is 17.1 Å². The van der Waals surface area contributed by atoms with Crippen LogP contribution in [0.4, 0.5) is 5.95 Å². The van der Waals surface area contributed by atoms with Gasteiger partial charge in [0.2, 0.25) is 5.95 Å². The molecule has 1 saturated heterocycles. The molecule has 1 aliphatic heterocycles. The third-order valence-electron chi connectivity index (χ3n) is 5.26. The quantitative estimate of drug-likeness (QED) is 0.367. The van der Waals surface area contributed by atoms with Crippen molar-refractivity contribution in [3.05, 3.63) is 29.3 Å². The van der Waals surface area contributed by atoms with Gasteiger partial charge in [-0.05, 0) is 12.8 Å². The predicted octanol–water partition coefficient (Wildman–Crippen LogP) is 1.52. The molecule has 1 fully saturated rings. The highest BCUT2D eigenvalue weighted by molar-refractivity contribution is 5.70. The Balaban J connectivity index is 1.94. The molecule has 0 aromatic carbocycles. The number of nitrogens with one attached hydrogen (secondary N) is 1. The Morgan fingerprint density at radius 2 is 2.13 bits per heavy atom. The minimum absolute atomic E-state index is 0.0460. The molecule has 2 aromatic heterocycles. The Bertz CT molecular complexity index is 913. The minimum atomic E-state index is -1.06. The predicted molar refractivity (Wildman–Crippen MR) is 112 cm³/mol. The molecule has 3 rings (SSSR count). The number of rotatable bonds is 11. The van der Waals surface area contributed by atoms with Crippen molar-refractivity contribution in [2.45, 2.75) is 63.6 Å². The first-order valence-corrected chi connectivity index (χ1v) is 10.4. The summed E-state index contributed by atoms with van der Waals surface area (Å²) in [5.74, 6) is -0.0460. The van der Waals surface area contributed by atoms with Crippen LogP contribution in [0.5, 0.6) is 0 Å². The second kappa shape index (κ2) is 9.69. The molecule has 1 aliphatic rings. The molecule has 0 radical (unpaired) electrons. The maximum absolute atomic E-state index is 12.1. The van der Waals surface area contributed by atoms with E-state index in [2.05, 4.69) is 35.4 Å². The molecular weight excluding hydrogens is 390 g/mol. The van der Waals surface area contributed by atoms with Crippen LogP contribution in [0, 0.1) is 0 Å². The largest absolute Gasteiger partial charge is 0.386 e. The van der Waals surface area contributed by atoms with Gasteiger partial charge >= 0.3 is 0 Å². The van der Waals surface area contributed by atoms with Gasteiger partial charge in [-0.2, -0.15) is 4.98 Å². The summed E-state index contributed by atoms with van der Waals surface area (Å²) in [5, 5.41) is 11.1. The molecule has 10 heteroatoms. The SMILES string of the molecule is C=C[C@]1(COCCCC)O[C@@H](n2cnc3c(=O)[nH]c(N)nc32)[C@H](O)[C@@H]1OCCCC. The standard InChI is InChI=1S/C20H31N5O5/c1-4-7-9-28-11-20(6-3)15(29-10-8-5-2)14(26)18(30-20)25-12-22-13-16(25)23-19(21)24-17(13)27/h6,12,14-15,18,26H,3-5,7-11H2,1-2H3,(H3,21,23,24,27)/t14-,15+,18-,20-/m1/s1. The van der Waals surface area contributed by atoms with Crippen molar-refractivity contribution in [2.24, 2.45) is 0 Å². The molecule has 3 heterocycles. The number of H-pyrrole nitrogens is 1. The van der Waals surface area contributed by atoms with Crippen LogP contribution in [0.1, 0.15) is 45.8 Å². The molecule has 10 nitrogen and oxygen atoms in total. The lowest BCUT2D eigenvalue weighted by Gasteiger charge is -2.31. The summed E-state index contributed by atoms with van der Waals surface area (Å²) in [4.78, 5) is 22.8. The topological polar surface area (TPSA) is 138 Å². The van der Waals surface area contributed by atoms with Crippen LogP contribution in [0.15, 0.2) is 23.8 Å². The van der Waals surface area contributed by atoms with Crippen LogP contribution in [0.3, 0.4) is 0 Å². The molecule has 4 N–H and O–H groups in total. The number of aromatic amines is 1. The molecule has 2 aromatic rings. The lowest BCUT2D eigenvalue weighted by atomic mass is 9.95. The van der Waals surface area contributed by atoms with Gasteiger partial charge in [0, 0.05) is 13.2 Å². The van der Waals surface area contributed by atoms with Gasteiger partial charge < -0.3 is 25.1 Å². The third kappa shape index (κ3) is 4.27. The highest BCUT2D eigenvalue weighted by Gasteiger charge is 2.55. The molecule has 166 valence electrons. The minimum Gasteiger partial charge on any atom is -0.386 e. The number of hydrogen-bond donors (Lipinski definition) is 3. The van der Waals surface area contributed by atoms with Crippen LogP contribution >= 0.6 is 0 Å². The summed E-state index contributed by atoms with van der Waals surface area (Å²) in [7, 11) is 0. The summed E-state index contributed by atoms with van der Waals surface area (Å²) in [6, 6.07) is 0. The molecule has 0 bridgehead atoms. The number of unbranched alkanes of at least 4 members (excludes halogenated alkanes) is 2. The molecule has 0 amide bonds.